The molecule has 21 heavy (non-hydrogen) atoms. The third kappa shape index (κ3) is 4.31. The van der Waals surface area contributed by atoms with Gasteiger partial charge in [-0.3, -0.25) is 9.36 Å². The van der Waals surface area contributed by atoms with Crippen LogP contribution in [0.1, 0.15) is 11.3 Å². The van der Waals surface area contributed by atoms with Crippen molar-refractivity contribution in [2.24, 2.45) is 0 Å². The molecule has 2 rings (SSSR count). The van der Waals surface area contributed by atoms with Crippen molar-refractivity contribution in [3.8, 4) is 5.75 Å². The molecule has 1 aromatic heterocycles. The van der Waals surface area contributed by atoms with Crippen LogP contribution in [0, 0.1) is 13.8 Å². The SMILES string of the molecule is Cc1ccc(Cl)c(OC[C@@H](O)Cn2cnc(C)cc2=O)c1. The van der Waals surface area contributed by atoms with Gasteiger partial charge in [0.25, 0.3) is 5.56 Å². The molecule has 0 amide bonds. The van der Waals surface area contributed by atoms with Gasteiger partial charge in [0.2, 0.25) is 0 Å². The van der Waals surface area contributed by atoms with Gasteiger partial charge in [0.15, 0.2) is 0 Å². The first-order valence-electron chi connectivity index (χ1n) is 6.56. The fraction of sp³-hybridized carbons (Fsp3) is 0.333. The zero-order chi connectivity index (χ0) is 15.4. The molecule has 0 aliphatic carbocycles. The lowest BCUT2D eigenvalue weighted by molar-refractivity contribution is 0.0913. The van der Waals surface area contributed by atoms with E-state index in [4.69, 9.17) is 16.3 Å². The number of hydrogen-bond acceptors (Lipinski definition) is 4. The lowest BCUT2D eigenvalue weighted by Gasteiger charge is -2.14. The maximum atomic E-state index is 11.7. The molecule has 0 saturated carbocycles. The van der Waals surface area contributed by atoms with E-state index in [0.717, 1.165) is 5.56 Å². The van der Waals surface area contributed by atoms with Crippen LogP contribution in [0.25, 0.3) is 0 Å². The van der Waals surface area contributed by atoms with Crippen molar-refractivity contribution in [3.05, 3.63) is 57.2 Å². The summed E-state index contributed by atoms with van der Waals surface area (Å²) in [6.07, 6.45) is 0.587. The van der Waals surface area contributed by atoms with E-state index in [2.05, 4.69) is 4.98 Å². The van der Waals surface area contributed by atoms with Gasteiger partial charge in [-0.2, -0.15) is 0 Å². The fourth-order valence-corrected chi connectivity index (χ4v) is 2.01. The highest BCUT2D eigenvalue weighted by Crippen LogP contribution is 2.25. The van der Waals surface area contributed by atoms with E-state index in [9.17, 15) is 9.90 Å². The molecule has 5 nitrogen and oxygen atoms in total. The molecule has 0 saturated heterocycles. The number of aromatic nitrogens is 2. The molecule has 0 aliphatic heterocycles. The van der Waals surface area contributed by atoms with Gasteiger partial charge in [-0.1, -0.05) is 17.7 Å². The summed E-state index contributed by atoms with van der Waals surface area (Å²) in [6.45, 7) is 3.83. The van der Waals surface area contributed by atoms with Gasteiger partial charge >= 0.3 is 0 Å². The van der Waals surface area contributed by atoms with E-state index in [-0.39, 0.29) is 18.7 Å². The Labute approximate surface area is 127 Å². The number of aliphatic hydroxyl groups excluding tert-OH is 1. The van der Waals surface area contributed by atoms with E-state index in [1.54, 1.807) is 19.1 Å². The largest absolute Gasteiger partial charge is 0.489 e. The number of rotatable bonds is 5. The Morgan fingerprint density at radius 1 is 1.38 bits per heavy atom. The number of benzene rings is 1. The molecule has 1 heterocycles. The van der Waals surface area contributed by atoms with Crippen LogP contribution in [0.5, 0.6) is 5.75 Å². The minimum atomic E-state index is -0.830. The lowest BCUT2D eigenvalue weighted by atomic mass is 10.2. The first-order valence-corrected chi connectivity index (χ1v) is 6.93. The predicted molar refractivity (Wildman–Crippen MR) is 80.9 cm³/mol. The highest BCUT2D eigenvalue weighted by atomic mass is 35.5. The number of nitrogens with zero attached hydrogens (tertiary/aromatic N) is 2. The molecule has 0 aliphatic rings. The average molecular weight is 309 g/mol. The minimum absolute atomic E-state index is 0.0451. The summed E-state index contributed by atoms with van der Waals surface area (Å²) in [5.41, 5.74) is 1.46. The maximum Gasteiger partial charge on any atom is 0.253 e. The second kappa shape index (κ2) is 6.74. The van der Waals surface area contributed by atoms with E-state index >= 15 is 0 Å². The number of ether oxygens (including phenoxy) is 1. The second-order valence-electron chi connectivity index (χ2n) is 4.92. The van der Waals surface area contributed by atoms with E-state index in [1.807, 2.05) is 13.0 Å². The summed E-state index contributed by atoms with van der Waals surface area (Å²) in [7, 11) is 0. The topological polar surface area (TPSA) is 64.3 Å². The Bertz CT molecular complexity index is 685. The molecule has 0 bridgehead atoms. The predicted octanol–water partition coefficient (Wildman–Crippen LogP) is 1.95. The summed E-state index contributed by atoms with van der Waals surface area (Å²) < 4.78 is 6.84. The summed E-state index contributed by atoms with van der Waals surface area (Å²) >= 11 is 6.01. The maximum absolute atomic E-state index is 11.7. The van der Waals surface area contributed by atoms with Gasteiger partial charge in [0.1, 0.15) is 18.5 Å². The summed E-state index contributed by atoms with van der Waals surface area (Å²) in [5, 5.41) is 10.5. The first kappa shape index (κ1) is 15.5. The third-order valence-corrected chi connectivity index (χ3v) is 3.25. The third-order valence-electron chi connectivity index (χ3n) is 2.94. The van der Waals surface area contributed by atoms with Crippen LogP contribution in [0.15, 0.2) is 35.4 Å². The fourth-order valence-electron chi connectivity index (χ4n) is 1.84. The van der Waals surface area contributed by atoms with Crippen LogP contribution in [-0.4, -0.2) is 27.4 Å². The van der Waals surface area contributed by atoms with Gasteiger partial charge in [-0.05, 0) is 31.5 Å². The number of halogens is 1. The summed E-state index contributed by atoms with van der Waals surface area (Å²) in [5.74, 6) is 0.519. The van der Waals surface area contributed by atoms with E-state index in [1.165, 1.54) is 17.0 Å². The zero-order valence-corrected chi connectivity index (χ0v) is 12.7. The minimum Gasteiger partial charge on any atom is -0.489 e. The molecular formula is C15H17ClN2O3. The van der Waals surface area contributed by atoms with Crippen LogP contribution < -0.4 is 10.3 Å². The van der Waals surface area contributed by atoms with Crippen molar-refractivity contribution in [3.63, 3.8) is 0 Å². The molecule has 2 aromatic rings. The molecule has 0 radical (unpaired) electrons. The lowest BCUT2D eigenvalue weighted by Crippen LogP contribution is -2.30. The molecule has 1 atom stereocenters. The zero-order valence-electron chi connectivity index (χ0n) is 11.9. The van der Waals surface area contributed by atoms with Crippen molar-refractivity contribution in [1.82, 2.24) is 9.55 Å². The van der Waals surface area contributed by atoms with Crippen molar-refractivity contribution in [1.29, 1.82) is 0 Å². The monoisotopic (exact) mass is 308 g/mol. The Hall–Kier alpha value is -1.85. The van der Waals surface area contributed by atoms with E-state index < -0.39 is 6.10 Å². The van der Waals surface area contributed by atoms with Gasteiger partial charge in [0, 0.05) is 11.8 Å². The molecule has 112 valence electrons. The molecule has 1 N–H and O–H groups in total. The molecular weight excluding hydrogens is 292 g/mol. The van der Waals surface area contributed by atoms with Crippen molar-refractivity contribution in [2.45, 2.75) is 26.5 Å². The average Bonchev–Trinajstić information content (AvgIpc) is 2.43. The summed E-state index contributed by atoms with van der Waals surface area (Å²) in [4.78, 5) is 15.7. The number of aryl methyl sites for hydroxylation is 2. The van der Waals surface area contributed by atoms with Crippen LogP contribution in [-0.2, 0) is 6.54 Å². The Kier molecular flexibility index (Phi) is 4.98. The van der Waals surface area contributed by atoms with Gasteiger partial charge in [-0.25, -0.2) is 4.98 Å². The highest BCUT2D eigenvalue weighted by molar-refractivity contribution is 6.32. The Morgan fingerprint density at radius 3 is 2.86 bits per heavy atom. The molecule has 1 aromatic carbocycles. The smallest absolute Gasteiger partial charge is 0.253 e. The normalized spacial score (nSPS) is 12.2. The Morgan fingerprint density at radius 2 is 2.14 bits per heavy atom. The van der Waals surface area contributed by atoms with Crippen molar-refractivity contribution >= 4 is 11.6 Å². The van der Waals surface area contributed by atoms with Gasteiger partial charge in [0.05, 0.1) is 17.9 Å². The standard InChI is InChI=1S/C15H17ClN2O3/c1-10-3-4-13(16)14(5-10)21-8-12(19)7-18-9-17-11(2)6-15(18)20/h3-6,9,12,19H,7-8H2,1-2H3/t12-/m0/s1. The van der Waals surface area contributed by atoms with Gasteiger partial charge in [-0.15, -0.1) is 0 Å². The first-order chi connectivity index (χ1) is 9.95. The molecule has 0 spiro atoms. The quantitative estimate of drug-likeness (QED) is 0.917. The number of hydrogen-bond donors (Lipinski definition) is 1. The molecule has 6 heteroatoms. The molecule has 0 fully saturated rings. The van der Waals surface area contributed by atoms with E-state index in [0.29, 0.717) is 16.5 Å². The van der Waals surface area contributed by atoms with Crippen LogP contribution in [0.4, 0.5) is 0 Å². The van der Waals surface area contributed by atoms with Crippen LogP contribution >= 0.6 is 11.6 Å². The number of aliphatic hydroxyl groups is 1. The van der Waals surface area contributed by atoms with Crippen molar-refractivity contribution < 1.29 is 9.84 Å². The van der Waals surface area contributed by atoms with Crippen LogP contribution in [0.3, 0.4) is 0 Å². The van der Waals surface area contributed by atoms with Crippen molar-refractivity contribution in [2.75, 3.05) is 6.61 Å². The highest BCUT2D eigenvalue weighted by Gasteiger charge is 2.10. The van der Waals surface area contributed by atoms with Crippen LogP contribution in [0.2, 0.25) is 5.02 Å². The van der Waals surface area contributed by atoms with Gasteiger partial charge < -0.3 is 9.84 Å². The molecule has 0 unspecified atom stereocenters. The Balaban J connectivity index is 1.97. The second-order valence-corrected chi connectivity index (χ2v) is 5.33. The summed E-state index contributed by atoms with van der Waals surface area (Å²) in [6, 6.07) is 6.84.